The second kappa shape index (κ2) is 7.44. The summed E-state index contributed by atoms with van der Waals surface area (Å²) in [5.74, 6) is 0.132. The number of ether oxygens (including phenoxy) is 1. The molecule has 0 bridgehead atoms. The van der Waals surface area contributed by atoms with Crippen molar-refractivity contribution >= 4 is 35.1 Å². The van der Waals surface area contributed by atoms with Crippen molar-refractivity contribution in [3.8, 4) is 0 Å². The Morgan fingerprint density at radius 1 is 1.25 bits per heavy atom. The van der Waals surface area contributed by atoms with E-state index in [0.29, 0.717) is 5.17 Å². The maximum absolute atomic E-state index is 13.3. The van der Waals surface area contributed by atoms with Crippen molar-refractivity contribution in [3.63, 3.8) is 0 Å². The van der Waals surface area contributed by atoms with E-state index in [2.05, 4.69) is 26.0 Å². The van der Waals surface area contributed by atoms with E-state index in [0.717, 1.165) is 5.56 Å². The molecule has 1 fully saturated rings. The quantitative estimate of drug-likeness (QED) is 0.709. The molecule has 0 radical (unpaired) electrons. The first-order chi connectivity index (χ1) is 11.2. The van der Waals surface area contributed by atoms with Crippen LogP contribution < -0.4 is 0 Å². The fourth-order valence-corrected chi connectivity index (χ4v) is 5.08. The molecule has 0 saturated carbocycles. The maximum atomic E-state index is 13.3. The molecule has 0 unspecified atom stereocenters. The van der Waals surface area contributed by atoms with E-state index in [9.17, 15) is 4.79 Å². The summed E-state index contributed by atoms with van der Waals surface area (Å²) in [4.78, 5) is 15.0. The van der Waals surface area contributed by atoms with Gasteiger partial charge in [-0.3, -0.25) is 9.69 Å². The topological polar surface area (TPSA) is 29.5 Å². The molecule has 132 valence electrons. The molecular formula is C19H27NO2S2. The van der Waals surface area contributed by atoms with Crippen LogP contribution in [0.2, 0.25) is 0 Å². The van der Waals surface area contributed by atoms with Crippen molar-refractivity contribution in [2.24, 2.45) is 11.8 Å². The van der Waals surface area contributed by atoms with Crippen LogP contribution in [0.15, 0.2) is 30.3 Å². The van der Waals surface area contributed by atoms with Crippen LogP contribution in [-0.4, -0.2) is 33.9 Å². The normalized spacial score (nSPS) is 22.4. The Balaban J connectivity index is 2.30. The third kappa shape index (κ3) is 3.62. The lowest BCUT2D eigenvalue weighted by Gasteiger charge is -2.34. The molecule has 1 aliphatic rings. The summed E-state index contributed by atoms with van der Waals surface area (Å²) in [7, 11) is 0. The van der Waals surface area contributed by atoms with Crippen molar-refractivity contribution in [2.45, 2.75) is 51.5 Å². The molecule has 2 rings (SSSR count). The number of carbonyl (C=O) groups excluding carboxylic acids is 1. The summed E-state index contributed by atoms with van der Waals surface area (Å²) in [6.07, 6.45) is 2.05. The van der Waals surface area contributed by atoms with Crippen LogP contribution >= 0.6 is 24.0 Å². The van der Waals surface area contributed by atoms with Crippen molar-refractivity contribution in [1.82, 2.24) is 4.90 Å². The molecule has 1 aromatic carbocycles. The van der Waals surface area contributed by atoms with Gasteiger partial charge in [-0.2, -0.15) is 11.8 Å². The van der Waals surface area contributed by atoms with Crippen LogP contribution in [0.3, 0.4) is 0 Å². The van der Waals surface area contributed by atoms with E-state index in [1.807, 2.05) is 45.2 Å². The Morgan fingerprint density at radius 3 is 2.33 bits per heavy atom. The first kappa shape index (κ1) is 19.3. The van der Waals surface area contributed by atoms with Crippen molar-refractivity contribution in [3.05, 3.63) is 35.9 Å². The van der Waals surface area contributed by atoms with Gasteiger partial charge in [0.1, 0.15) is 5.60 Å². The van der Waals surface area contributed by atoms with E-state index >= 15 is 0 Å². The molecule has 0 aliphatic carbocycles. The summed E-state index contributed by atoms with van der Waals surface area (Å²) in [6, 6.07) is 10.1. The number of hydrogen-bond acceptors (Lipinski definition) is 4. The minimum absolute atomic E-state index is 0.0433. The maximum Gasteiger partial charge on any atom is 0.267 e. The zero-order chi connectivity index (χ0) is 18.1. The Hall–Kier alpha value is -1.07. The predicted molar refractivity (Wildman–Crippen MR) is 105 cm³/mol. The second-order valence-electron chi connectivity index (χ2n) is 7.22. The summed E-state index contributed by atoms with van der Waals surface area (Å²) < 4.78 is 5.86. The van der Waals surface area contributed by atoms with Crippen LogP contribution in [0, 0.1) is 11.8 Å². The van der Waals surface area contributed by atoms with Crippen LogP contribution in [-0.2, 0) is 9.53 Å². The number of thioether (sulfide) groups is 1. The van der Waals surface area contributed by atoms with Crippen molar-refractivity contribution in [1.29, 1.82) is 0 Å². The van der Waals surface area contributed by atoms with Gasteiger partial charge >= 0.3 is 0 Å². The molecule has 1 heterocycles. The van der Waals surface area contributed by atoms with Crippen LogP contribution in [0.5, 0.6) is 0 Å². The zero-order valence-electron chi connectivity index (χ0n) is 15.3. The lowest BCUT2D eigenvalue weighted by molar-refractivity contribution is -0.133. The number of amides is 1. The van der Waals surface area contributed by atoms with Crippen molar-refractivity contribution in [2.75, 3.05) is 6.26 Å². The smallest absolute Gasteiger partial charge is 0.267 e. The minimum Gasteiger partial charge on any atom is -0.462 e. The van der Waals surface area contributed by atoms with Gasteiger partial charge in [0.25, 0.3) is 5.17 Å². The van der Waals surface area contributed by atoms with E-state index in [1.54, 1.807) is 16.7 Å². The average molecular weight is 366 g/mol. The molecule has 24 heavy (non-hydrogen) atoms. The lowest BCUT2D eigenvalue weighted by atomic mass is 9.88. The fraction of sp³-hybridized carbons (Fsp3) is 0.579. The SMILES string of the molecule is CS[C@H](c1ccccc1)[C@H](C)C(=O)N1C(=S)OC(C)(C)[C@@H]1C(C)C. The van der Waals surface area contributed by atoms with Gasteiger partial charge in [0.05, 0.1) is 12.0 Å². The van der Waals surface area contributed by atoms with E-state index < -0.39 is 5.60 Å². The van der Waals surface area contributed by atoms with Gasteiger partial charge < -0.3 is 4.74 Å². The molecule has 1 amide bonds. The van der Waals surface area contributed by atoms with Gasteiger partial charge in [-0.1, -0.05) is 51.1 Å². The second-order valence-corrected chi connectivity index (χ2v) is 8.55. The fourth-order valence-electron chi connectivity index (χ4n) is 3.71. The van der Waals surface area contributed by atoms with Crippen LogP contribution in [0.25, 0.3) is 0 Å². The molecule has 3 atom stereocenters. The number of carbonyl (C=O) groups is 1. The molecular weight excluding hydrogens is 338 g/mol. The van der Waals surface area contributed by atoms with E-state index in [1.165, 1.54) is 0 Å². The molecule has 1 saturated heterocycles. The van der Waals surface area contributed by atoms with Gasteiger partial charge in [-0.25, -0.2) is 0 Å². The van der Waals surface area contributed by atoms with Gasteiger partial charge in [-0.05, 0) is 43.8 Å². The highest BCUT2D eigenvalue weighted by molar-refractivity contribution is 7.98. The van der Waals surface area contributed by atoms with Crippen molar-refractivity contribution < 1.29 is 9.53 Å². The Labute approximate surface area is 155 Å². The molecule has 1 aliphatic heterocycles. The standard InChI is InChI=1S/C19H27NO2S2/c1-12(2)16-19(4,5)22-18(23)20(16)17(21)13(3)15(24-6)14-10-8-7-9-11-14/h7-13,15-16H,1-6H3/t13-,15-,16-/m0/s1. The number of nitrogens with zero attached hydrogens (tertiary/aromatic N) is 1. The largest absolute Gasteiger partial charge is 0.462 e. The lowest BCUT2D eigenvalue weighted by Crippen LogP contribution is -2.50. The number of rotatable bonds is 5. The third-order valence-corrected chi connectivity index (χ3v) is 6.10. The third-order valence-electron chi connectivity index (χ3n) is 4.63. The summed E-state index contributed by atoms with van der Waals surface area (Å²) >= 11 is 7.09. The first-order valence-corrected chi connectivity index (χ1v) is 10.0. The average Bonchev–Trinajstić information content (AvgIpc) is 2.77. The Bertz CT molecular complexity index is 601. The molecule has 0 aromatic heterocycles. The molecule has 0 N–H and O–H groups in total. The monoisotopic (exact) mass is 365 g/mol. The summed E-state index contributed by atoms with van der Waals surface area (Å²) in [5.41, 5.74) is 0.708. The Kier molecular flexibility index (Phi) is 5.97. The van der Waals surface area contributed by atoms with Gasteiger partial charge in [-0.15, -0.1) is 0 Å². The van der Waals surface area contributed by atoms with E-state index in [-0.39, 0.29) is 29.0 Å². The predicted octanol–water partition coefficient (Wildman–Crippen LogP) is 4.67. The number of thiocarbonyl (C=S) groups is 1. The van der Waals surface area contributed by atoms with Gasteiger partial charge in [0.2, 0.25) is 5.91 Å². The summed E-state index contributed by atoms with van der Waals surface area (Å²) in [6.45, 7) is 10.2. The molecule has 1 aromatic rings. The molecule has 0 spiro atoms. The molecule has 5 heteroatoms. The highest BCUT2D eigenvalue weighted by Gasteiger charge is 2.51. The van der Waals surface area contributed by atoms with Gasteiger partial charge in [0, 0.05) is 5.25 Å². The molecule has 3 nitrogen and oxygen atoms in total. The Morgan fingerprint density at radius 2 is 1.83 bits per heavy atom. The zero-order valence-corrected chi connectivity index (χ0v) is 16.9. The van der Waals surface area contributed by atoms with Gasteiger partial charge in [0.15, 0.2) is 0 Å². The van der Waals surface area contributed by atoms with Crippen LogP contribution in [0.4, 0.5) is 0 Å². The van der Waals surface area contributed by atoms with Crippen LogP contribution in [0.1, 0.15) is 45.4 Å². The number of hydrogen-bond donors (Lipinski definition) is 0. The highest BCUT2D eigenvalue weighted by Crippen LogP contribution is 2.39. The first-order valence-electron chi connectivity index (χ1n) is 8.34. The highest BCUT2D eigenvalue weighted by atomic mass is 32.2. The summed E-state index contributed by atoms with van der Waals surface area (Å²) in [5, 5.41) is 0.404. The number of benzene rings is 1. The minimum atomic E-state index is -0.456. The van der Waals surface area contributed by atoms with E-state index in [4.69, 9.17) is 17.0 Å².